The van der Waals surface area contributed by atoms with E-state index in [1.807, 2.05) is 37.3 Å². The van der Waals surface area contributed by atoms with E-state index in [1.165, 1.54) is 0 Å². The maximum Gasteiger partial charge on any atom is 0.246 e. The second kappa shape index (κ2) is 5.39. The molecule has 0 spiro atoms. The van der Waals surface area contributed by atoms with Crippen LogP contribution in [0.2, 0.25) is 5.02 Å². The van der Waals surface area contributed by atoms with Gasteiger partial charge in [-0.15, -0.1) is 0 Å². The van der Waals surface area contributed by atoms with E-state index in [4.69, 9.17) is 16.3 Å². The molecule has 1 amide bonds. The number of aryl methyl sites for hydroxylation is 1. The Labute approximate surface area is 128 Å². The van der Waals surface area contributed by atoms with Gasteiger partial charge in [-0.1, -0.05) is 17.7 Å². The first-order chi connectivity index (χ1) is 10.1. The van der Waals surface area contributed by atoms with Gasteiger partial charge in [-0.05, 0) is 43.8 Å². The number of carbonyl (C=O) groups is 1. The zero-order chi connectivity index (χ0) is 15.0. The quantitative estimate of drug-likeness (QED) is 0.910. The summed E-state index contributed by atoms with van der Waals surface area (Å²) in [4.78, 5) is 11.8. The Morgan fingerprint density at radius 2 is 1.90 bits per heavy atom. The molecule has 1 unspecified atom stereocenters. The highest BCUT2D eigenvalue weighted by molar-refractivity contribution is 6.31. The van der Waals surface area contributed by atoms with E-state index in [-0.39, 0.29) is 11.9 Å². The van der Waals surface area contributed by atoms with Crippen molar-refractivity contribution in [1.29, 1.82) is 0 Å². The summed E-state index contributed by atoms with van der Waals surface area (Å²) >= 11 is 6.00. The third kappa shape index (κ3) is 2.60. The van der Waals surface area contributed by atoms with E-state index < -0.39 is 0 Å². The van der Waals surface area contributed by atoms with Crippen molar-refractivity contribution in [3.63, 3.8) is 0 Å². The zero-order valence-electron chi connectivity index (χ0n) is 11.7. The number of halogens is 1. The fourth-order valence-corrected chi connectivity index (χ4v) is 2.53. The Kier molecular flexibility index (Phi) is 3.57. The van der Waals surface area contributed by atoms with Crippen LogP contribution in [0, 0.1) is 6.92 Å². The highest BCUT2D eigenvalue weighted by atomic mass is 35.5. The van der Waals surface area contributed by atoms with Crippen molar-refractivity contribution < 1.29 is 9.53 Å². The van der Waals surface area contributed by atoms with E-state index in [9.17, 15) is 4.79 Å². The lowest BCUT2D eigenvalue weighted by molar-refractivity contribution is -0.117. The van der Waals surface area contributed by atoms with Gasteiger partial charge in [-0.2, -0.15) is 0 Å². The minimum Gasteiger partial charge on any atom is -0.457 e. The van der Waals surface area contributed by atoms with Crippen molar-refractivity contribution in [3.05, 3.63) is 52.5 Å². The van der Waals surface area contributed by atoms with Crippen LogP contribution in [-0.2, 0) is 4.79 Å². The average molecular weight is 303 g/mol. The van der Waals surface area contributed by atoms with Crippen LogP contribution < -0.4 is 15.4 Å². The minimum atomic E-state index is -0.299. The maximum atomic E-state index is 11.8. The third-order valence-corrected chi connectivity index (χ3v) is 3.93. The first-order valence-corrected chi connectivity index (χ1v) is 7.02. The second-order valence-corrected chi connectivity index (χ2v) is 5.38. The summed E-state index contributed by atoms with van der Waals surface area (Å²) in [5, 5.41) is 6.54. The number of amides is 1. The molecule has 0 fully saturated rings. The molecule has 0 aliphatic carbocycles. The van der Waals surface area contributed by atoms with Crippen molar-refractivity contribution >= 4 is 23.2 Å². The lowest BCUT2D eigenvalue weighted by Crippen LogP contribution is -2.23. The number of rotatable bonds is 3. The van der Waals surface area contributed by atoms with E-state index in [0.717, 1.165) is 16.8 Å². The van der Waals surface area contributed by atoms with Crippen LogP contribution in [0.5, 0.6) is 11.5 Å². The van der Waals surface area contributed by atoms with Crippen molar-refractivity contribution in [2.45, 2.75) is 13.0 Å². The van der Waals surface area contributed by atoms with Crippen LogP contribution in [0.25, 0.3) is 0 Å². The molecule has 108 valence electrons. The molecule has 2 aromatic carbocycles. The fourth-order valence-electron chi connectivity index (χ4n) is 2.41. The minimum absolute atomic E-state index is 0.0491. The van der Waals surface area contributed by atoms with Crippen molar-refractivity contribution in [1.82, 2.24) is 5.32 Å². The molecule has 5 heteroatoms. The topological polar surface area (TPSA) is 50.4 Å². The molecule has 0 saturated carbocycles. The Morgan fingerprint density at radius 1 is 1.19 bits per heavy atom. The number of anilines is 1. The summed E-state index contributed by atoms with van der Waals surface area (Å²) in [5.74, 6) is 1.34. The summed E-state index contributed by atoms with van der Waals surface area (Å²) in [5.41, 5.74) is 2.67. The summed E-state index contributed by atoms with van der Waals surface area (Å²) in [6, 6.07) is 10.8. The molecule has 1 aliphatic rings. The van der Waals surface area contributed by atoms with Crippen molar-refractivity contribution in [2.75, 3.05) is 12.4 Å². The summed E-state index contributed by atoms with van der Waals surface area (Å²) in [6.07, 6.45) is 0. The normalized spacial score (nSPS) is 16.5. The summed E-state index contributed by atoms with van der Waals surface area (Å²) in [7, 11) is 1.76. The first kappa shape index (κ1) is 13.9. The fraction of sp³-hybridized carbons (Fsp3) is 0.188. The Bertz CT molecular complexity index is 715. The second-order valence-electron chi connectivity index (χ2n) is 4.97. The van der Waals surface area contributed by atoms with Gasteiger partial charge in [0.15, 0.2) is 0 Å². The first-order valence-electron chi connectivity index (χ1n) is 6.64. The van der Waals surface area contributed by atoms with Gasteiger partial charge in [-0.3, -0.25) is 4.79 Å². The molecule has 21 heavy (non-hydrogen) atoms. The number of benzene rings is 2. The highest BCUT2D eigenvalue weighted by Crippen LogP contribution is 2.35. The van der Waals surface area contributed by atoms with Gasteiger partial charge in [0.1, 0.15) is 17.5 Å². The van der Waals surface area contributed by atoms with E-state index in [1.54, 1.807) is 13.1 Å². The van der Waals surface area contributed by atoms with Crippen LogP contribution in [0.1, 0.15) is 17.2 Å². The van der Waals surface area contributed by atoms with Crippen molar-refractivity contribution in [2.24, 2.45) is 0 Å². The van der Waals surface area contributed by atoms with Crippen LogP contribution >= 0.6 is 11.6 Å². The maximum absolute atomic E-state index is 11.8. The average Bonchev–Trinajstić information content (AvgIpc) is 2.77. The van der Waals surface area contributed by atoms with Gasteiger partial charge in [0.05, 0.1) is 0 Å². The number of hydrogen-bond acceptors (Lipinski definition) is 3. The van der Waals surface area contributed by atoms with E-state index in [2.05, 4.69) is 10.6 Å². The monoisotopic (exact) mass is 302 g/mol. The van der Waals surface area contributed by atoms with Crippen LogP contribution in [0.3, 0.4) is 0 Å². The highest BCUT2D eigenvalue weighted by Gasteiger charge is 2.29. The van der Waals surface area contributed by atoms with Crippen molar-refractivity contribution in [3.8, 4) is 11.5 Å². The molecule has 2 N–H and O–H groups in total. The molecule has 0 aromatic heterocycles. The Morgan fingerprint density at radius 3 is 2.62 bits per heavy atom. The van der Waals surface area contributed by atoms with Crippen LogP contribution in [0.4, 0.5) is 5.69 Å². The molecule has 0 radical (unpaired) electrons. The molecule has 2 aromatic rings. The number of hydrogen-bond donors (Lipinski definition) is 2. The van der Waals surface area contributed by atoms with Gasteiger partial charge >= 0.3 is 0 Å². The standard InChI is InChI=1S/C16H15ClN2O2/c1-9-7-10(4-6-13(9)17)21-11-3-5-12-14(8-11)19-16(20)15(12)18-2/h3-8,15,18H,1-2H3,(H,19,20). The third-order valence-electron chi connectivity index (χ3n) is 3.51. The number of nitrogens with one attached hydrogen (secondary N) is 2. The summed E-state index contributed by atoms with van der Waals surface area (Å²) in [6.45, 7) is 1.93. The summed E-state index contributed by atoms with van der Waals surface area (Å²) < 4.78 is 5.81. The Balaban J connectivity index is 1.87. The SMILES string of the molecule is CNC1C(=O)Nc2cc(Oc3ccc(Cl)c(C)c3)ccc21. The van der Waals surface area contributed by atoms with Gasteiger partial charge in [0, 0.05) is 22.3 Å². The molecule has 1 heterocycles. The molecule has 1 atom stereocenters. The number of carbonyl (C=O) groups excluding carboxylic acids is 1. The molecule has 3 rings (SSSR count). The lowest BCUT2D eigenvalue weighted by Gasteiger charge is -2.10. The Hall–Kier alpha value is -2.04. The largest absolute Gasteiger partial charge is 0.457 e. The molecule has 0 saturated heterocycles. The van der Waals surface area contributed by atoms with E-state index >= 15 is 0 Å². The number of likely N-dealkylation sites (N-methyl/N-ethyl adjacent to an activating group) is 1. The van der Waals surface area contributed by atoms with Crippen LogP contribution in [-0.4, -0.2) is 13.0 Å². The number of fused-ring (bicyclic) bond motifs is 1. The molecular formula is C16H15ClN2O2. The predicted molar refractivity (Wildman–Crippen MR) is 83.1 cm³/mol. The van der Waals surface area contributed by atoms with Gasteiger partial charge in [-0.25, -0.2) is 0 Å². The number of ether oxygens (including phenoxy) is 1. The van der Waals surface area contributed by atoms with Gasteiger partial charge in [0.25, 0.3) is 0 Å². The predicted octanol–water partition coefficient (Wildman–Crippen LogP) is 3.65. The molecule has 0 bridgehead atoms. The van der Waals surface area contributed by atoms with Gasteiger partial charge < -0.3 is 15.4 Å². The lowest BCUT2D eigenvalue weighted by atomic mass is 10.1. The molecular weight excluding hydrogens is 288 g/mol. The van der Waals surface area contributed by atoms with Gasteiger partial charge in [0.2, 0.25) is 5.91 Å². The smallest absolute Gasteiger partial charge is 0.246 e. The van der Waals surface area contributed by atoms with Crippen LogP contribution in [0.15, 0.2) is 36.4 Å². The molecule has 1 aliphatic heterocycles. The zero-order valence-corrected chi connectivity index (χ0v) is 12.5. The van der Waals surface area contributed by atoms with E-state index in [0.29, 0.717) is 16.5 Å². The molecule has 4 nitrogen and oxygen atoms in total.